The molecule has 2 aromatic rings. The Hall–Kier alpha value is -2.12. The lowest BCUT2D eigenvalue weighted by Crippen LogP contribution is -2.41. The number of aromatic amines is 1. The van der Waals surface area contributed by atoms with E-state index in [-0.39, 0.29) is 5.91 Å². The quantitative estimate of drug-likeness (QED) is 0.919. The van der Waals surface area contributed by atoms with Crippen molar-refractivity contribution in [2.75, 3.05) is 32.8 Å². The molecule has 128 valence electrons. The molecule has 1 amide bonds. The zero-order valence-electron chi connectivity index (χ0n) is 13.9. The second-order valence-electron chi connectivity index (χ2n) is 6.41. The molecule has 2 aliphatic heterocycles. The second-order valence-corrected chi connectivity index (χ2v) is 6.41. The van der Waals surface area contributed by atoms with Crippen molar-refractivity contribution < 1.29 is 13.9 Å². The fourth-order valence-corrected chi connectivity index (χ4v) is 3.39. The highest BCUT2D eigenvalue weighted by atomic mass is 16.5. The van der Waals surface area contributed by atoms with Crippen LogP contribution < -0.4 is 0 Å². The van der Waals surface area contributed by atoms with Gasteiger partial charge in [0.2, 0.25) is 0 Å². The molecule has 0 aromatic carbocycles. The third kappa shape index (κ3) is 2.97. The maximum atomic E-state index is 12.7. The molecule has 24 heavy (non-hydrogen) atoms. The number of hydrogen-bond acceptors (Lipinski definition) is 5. The van der Waals surface area contributed by atoms with Crippen LogP contribution in [-0.2, 0) is 24.2 Å². The van der Waals surface area contributed by atoms with Crippen LogP contribution in [0.15, 0.2) is 16.5 Å². The lowest BCUT2D eigenvalue weighted by atomic mass is 10.0. The van der Waals surface area contributed by atoms with Gasteiger partial charge in [-0.3, -0.25) is 14.8 Å². The van der Waals surface area contributed by atoms with Crippen molar-refractivity contribution >= 4 is 5.91 Å². The predicted molar refractivity (Wildman–Crippen MR) is 86.6 cm³/mol. The van der Waals surface area contributed by atoms with Gasteiger partial charge in [0, 0.05) is 31.7 Å². The van der Waals surface area contributed by atoms with Gasteiger partial charge in [-0.1, -0.05) is 0 Å². The van der Waals surface area contributed by atoms with Gasteiger partial charge in [0.05, 0.1) is 25.5 Å². The molecular weight excluding hydrogens is 308 g/mol. The van der Waals surface area contributed by atoms with Gasteiger partial charge in [0.15, 0.2) is 5.69 Å². The van der Waals surface area contributed by atoms with Crippen molar-refractivity contribution in [1.29, 1.82) is 0 Å². The summed E-state index contributed by atoms with van der Waals surface area (Å²) in [5.74, 6) is 1.92. The highest BCUT2D eigenvalue weighted by Gasteiger charge is 2.28. The predicted octanol–water partition coefficient (Wildman–Crippen LogP) is 1.34. The number of aryl methyl sites for hydroxylation is 1. The molecular formula is C17H22N4O3. The number of morpholine rings is 1. The number of fused-ring (bicyclic) bond motifs is 1. The Morgan fingerprint density at radius 2 is 2.12 bits per heavy atom. The van der Waals surface area contributed by atoms with Crippen LogP contribution in [0.2, 0.25) is 0 Å². The van der Waals surface area contributed by atoms with E-state index in [0.29, 0.717) is 32.0 Å². The Bertz CT molecular complexity index is 730. The second kappa shape index (κ2) is 6.41. The third-order valence-corrected chi connectivity index (χ3v) is 4.69. The van der Waals surface area contributed by atoms with Gasteiger partial charge in [-0.15, -0.1) is 0 Å². The number of aromatic nitrogens is 2. The van der Waals surface area contributed by atoms with E-state index in [1.54, 1.807) is 0 Å². The molecule has 7 heteroatoms. The summed E-state index contributed by atoms with van der Waals surface area (Å²) in [6.07, 6.45) is 0.830. The highest BCUT2D eigenvalue weighted by molar-refractivity contribution is 5.94. The van der Waals surface area contributed by atoms with Crippen LogP contribution >= 0.6 is 0 Å². The number of carbonyl (C=O) groups excluding carboxylic acids is 1. The third-order valence-electron chi connectivity index (χ3n) is 4.69. The molecule has 0 aliphatic carbocycles. The Balaban J connectivity index is 1.46. The molecule has 0 bridgehead atoms. The van der Waals surface area contributed by atoms with Crippen molar-refractivity contribution in [2.24, 2.45) is 0 Å². The summed E-state index contributed by atoms with van der Waals surface area (Å²) in [7, 11) is 0. The normalized spacial score (nSPS) is 18.6. The first-order chi connectivity index (χ1) is 11.7. The van der Waals surface area contributed by atoms with E-state index in [1.807, 2.05) is 24.0 Å². The topological polar surface area (TPSA) is 74.6 Å². The molecule has 0 unspecified atom stereocenters. The van der Waals surface area contributed by atoms with Crippen molar-refractivity contribution in [2.45, 2.75) is 26.4 Å². The van der Waals surface area contributed by atoms with E-state index in [4.69, 9.17) is 9.15 Å². The van der Waals surface area contributed by atoms with Gasteiger partial charge in [-0.05, 0) is 25.5 Å². The summed E-state index contributed by atoms with van der Waals surface area (Å²) in [4.78, 5) is 16.8. The molecule has 0 radical (unpaired) electrons. The molecule has 1 saturated heterocycles. The van der Waals surface area contributed by atoms with E-state index in [0.717, 1.165) is 48.8 Å². The van der Waals surface area contributed by atoms with Crippen molar-refractivity contribution in [3.63, 3.8) is 0 Å². The van der Waals surface area contributed by atoms with E-state index in [2.05, 4.69) is 15.1 Å². The number of hydrogen-bond donors (Lipinski definition) is 1. The van der Waals surface area contributed by atoms with Gasteiger partial charge < -0.3 is 14.1 Å². The van der Waals surface area contributed by atoms with E-state index in [1.165, 1.54) is 0 Å². The number of furan rings is 1. The molecule has 4 heterocycles. The van der Waals surface area contributed by atoms with E-state index in [9.17, 15) is 4.79 Å². The molecule has 0 saturated carbocycles. The Labute approximate surface area is 140 Å². The number of rotatable bonds is 3. The maximum Gasteiger partial charge on any atom is 0.274 e. The summed E-state index contributed by atoms with van der Waals surface area (Å²) in [6.45, 7) is 6.89. The molecule has 0 spiro atoms. The summed E-state index contributed by atoms with van der Waals surface area (Å²) >= 11 is 0. The van der Waals surface area contributed by atoms with E-state index >= 15 is 0 Å². The highest BCUT2D eigenvalue weighted by Crippen LogP contribution is 2.23. The zero-order chi connectivity index (χ0) is 16.5. The molecule has 2 aromatic heterocycles. The van der Waals surface area contributed by atoms with Crippen molar-refractivity contribution in [3.05, 3.63) is 40.6 Å². The average molecular weight is 330 g/mol. The smallest absolute Gasteiger partial charge is 0.274 e. The van der Waals surface area contributed by atoms with Gasteiger partial charge in [0.25, 0.3) is 5.91 Å². The zero-order valence-corrected chi connectivity index (χ0v) is 13.9. The lowest BCUT2D eigenvalue weighted by molar-refractivity contribution is 0.0298. The van der Waals surface area contributed by atoms with Gasteiger partial charge in [0.1, 0.15) is 11.5 Å². The van der Waals surface area contributed by atoms with Crippen LogP contribution in [0.4, 0.5) is 0 Å². The summed E-state index contributed by atoms with van der Waals surface area (Å²) in [6, 6.07) is 4.01. The number of amides is 1. The Kier molecular flexibility index (Phi) is 4.12. The Morgan fingerprint density at radius 1 is 1.29 bits per heavy atom. The minimum absolute atomic E-state index is 0.0194. The summed E-state index contributed by atoms with van der Waals surface area (Å²) in [5.41, 5.74) is 2.69. The van der Waals surface area contributed by atoms with Crippen LogP contribution in [0.1, 0.15) is 33.3 Å². The minimum Gasteiger partial charge on any atom is -0.465 e. The van der Waals surface area contributed by atoms with Crippen LogP contribution in [0.5, 0.6) is 0 Å². The molecule has 1 fully saturated rings. The maximum absolute atomic E-state index is 12.7. The number of H-pyrrole nitrogens is 1. The summed E-state index contributed by atoms with van der Waals surface area (Å²) < 4.78 is 11.0. The standard InChI is InChI=1S/C17H22N4O3/c1-12-2-3-13(24-12)10-20-5-4-14-15(11-20)18-19-16(14)17(22)21-6-8-23-9-7-21/h2-3H,4-11H2,1H3,(H,18,19). The number of ether oxygens (including phenoxy) is 1. The van der Waals surface area contributed by atoms with Crippen molar-refractivity contribution in [3.8, 4) is 0 Å². The van der Waals surface area contributed by atoms with Crippen LogP contribution in [0.3, 0.4) is 0 Å². The van der Waals surface area contributed by atoms with Crippen LogP contribution in [0, 0.1) is 6.92 Å². The number of carbonyl (C=O) groups is 1. The molecule has 0 atom stereocenters. The lowest BCUT2D eigenvalue weighted by Gasteiger charge is -2.28. The van der Waals surface area contributed by atoms with Crippen LogP contribution in [-0.4, -0.2) is 58.8 Å². The average Bonchev–Trinajstić information content (AvgIpc) is 3.21. The number of nitrogens with one attached hydrogen (secondary N) is 1. The fraction of sp³-hybridized carbons (Fsp3) is 0.529. The molecule has 1 N–H and O–H groups in total. The van der Waals surface area contributed by atoms with Gasteiger partial charge in [-0.2, -0.15) is 5.10 Å². The first-order valence-electron chi connectivity index (χ1n) is 8.41. The minimum atomic E-state index is 0.0194. The first kappa shape index (κ1) is 15.4. The van der Waals surface area contributed by atoms with Crippen LogP contribution in [0.25, 0.3) is 0 Å². The first-order valence-corrected chi connectivity index (χ1v) is 8.41. The number of nitrogens with zero attached hydrogens (tertiary/aromatic N) is 3. The molecule has 7 nitrogen and oxygen atoms in total. The van der Waals surface area contributed by atoms with Gasteiger partial charge >= 0.3 is 0 Å². The molecule has 4 rings (SSSR count). The monoisotopic (exact) mass is 330 g/mol. The fourth-order valence-electron chi connectivity index (χ4n) is 3.39. The van der Waals surface area contributed by atoms with Crippen molar-refractivity contribution in [1.82, 2.24) is 20.0 Å². The Morgan fingerprint density at radius 3 is 2.88 bits per heavy atom. The van der Waals surface area contributed by atoms with Gasteiger partial charge in [-0.25, -0.2) is 0 Å². The summed E-state index contributed by atoms with van der Waals surface area (Å²) in [5, 5.41) is 7.38. The largest absolute Gasteiger partial charge is 0.465 e. The molecule has 2 aliphatic rings. The SMILES string of the molecule is Cc1ccc(CN2CCc3c(C(=O)N4CCOCC4)n[nH]c3C2)o1. The van der Waals surface area contributed by atoms with E-state index < -0.39 is 0 Å².